The van der Waals surface area contributed by atoms with E-state index < -0.39 is 11.7 Å². The van der Waals surface area contributed by atoms with Crippen molar-refractivity contribution in [2.75, 3.05) is 11.9 Å². The molecule has 1 aliphatic rings. The van der Waals surface area contributed by atoms with Crippen molar-refractivity contribution in [3.63, 3.8) is 0 Å². The zero-order valence-electron chi connectivity index (χ0n) is 15.9. The highest BCUT2D eigenvalue weighted by molar-refractivity contribution is 6.31. The number of alkyl halides is 3. The minimum atomic E-state index is -4.52. The fourth-order valence-corrected chi connectivity index (χ4v) is 3.47. The van der Waals surface area contributed by atoms with Crippen LogP contribution in [0.5, 0.6) is 0 Å². The second-order valence-electron chi connectivity index (χ2n) is 7.08. The predicted octanol–water partition coefficient (Wildman–Crippen LogP) is 6.11. The molecule has 0 saturated heterocycles. The molecule has 29 heavy (non-hydrogen) atoms. The third kappa shape index (κ3) is 6.07. The van der Waals surface area contributed by atoms with Gasteiger partial charge in [0.2, 0.25) is 0 Å². The van der Waals surface area contributed by atoms with E-state index in [1.807, 2.05) is 6.07 Å². The average Bonchev–Trinajstić information content (AvgIpc) is 2.69. The molecule has 0 amide bonds. The van der Waals surface area contributed by atoms with Gasteiger partial charge in [-0.05, 0) is 67.5 Å². The maximum Gasteiger partial charge on any atom is 0.417 e. The summed E-state index contributed by atoms with van der Waals surface area (Å²) in [6, 6.07) is 7.74. The van der Waals surface area contributed by atoms with Crippen molar-refractivity contribution >= 4 is 29.3 Å². The van der Waals surface area contributed by atoms with Crippen LogP contribution in [0.25, 0.3) is 6.08 Å². The monoisotopic (exact) mass is 422 g/mol. The molecule has 1 N–H and O–H groups in total. The number of allylic oxidation sites excluding steroid dienone is 1. The standard InChI is InChI=1S/C22H22ClF3N2O/c23-20-12-8-15(14-19(20)22(24,25)26)7-11-18(29)6-2-1-5-17-10-9-16-4-3-13-27-21(16)28-17/h7-12,14H,1-6,13H2,(H,27,28). The number of benzene rings is 1. The smallest absolute Gasteiger partial charge is 0.370 e. The largest absolute Gasteiger partial charge is 0.417 e. The van der Waals surface area contributed by atoms with Crippen molar-refractivity contribution in [3.8, 4) is 0 Å². The summed E-state index contributed by atoms with van der Waals surface area (Å²) < 4.78 is 38.6. The minimum Gasteiger partial charge on any atom is -0.370 e. The molecule has 0 atom stereocenters. The summed E-state index contributed by atoms with van der Waals surface area (Å²) in [6.45, 7) is 0.947. The van der Waals surface area contributed by atoms with Crippen LogP contribution in [-0.4, -0.2) is 17.3 Å². The fourth-order valence-electron chi connectivity index (χ4n) is 3.25. The molecule has 3 nitrogen and oxygen atoms in total. The molecular weight excluding hydrogens is 401 g/mol. The number of fused-ring (bicyclic) bond motifs is 1. The Balaban J connectivity index is 1.47. The summed E-state index contributed by atoms with van der Waals surface area (Å²) in [6.07, 6.45) is 3.03. The van der Waals surface area contributed by atoms with Gasteiger partial charge in [0, 0.05) is 18.7 Å². The third-order valence-corrected chi connectivity index (χ3v) is 5.14. The number of halogens is 4. The molecule has 1 aliphatic heterocycles. The molecule has 2 heterocycles. The first kappa shape index (κ1) is 21.4. The number of ketones is 1. The Labute approximate surface area is 173 Å². The summed E-state index contributed by atoms with van der Waals surface area (Å²) in [7, 11) is 0. The molecule has 0 unspecified atom stereocenters. The first-order valence-corrected chi connectivity index (χ1v) is 10.0. The Hall–Kier alpha value is -2.34. The van der Waals surface area contributed by atoms with Crippen LogP contribution in [0.4, 0.5) is 19.0 Å². The number of hydrogen-bond acceptors (Lipinski definition) is 3. The lowest BCUT2D eigenvalue weighted by atomic mass is 10.0. The van der Waals surface area contributed by atoms with E-state index in [-0.39, 0.29) is 10.8 Å². The molecule has 0 saturated carbocycles. The molecule has 2 aromatic rings. The van der Waals surface area contributed by atoms with Crippen LogP contribution in [-0.2, 0) is 23.8 Å². The van der Waals surface area contributed by atoms with Gasteiger partial charge in [-0.15, -0.1) is 0 Å². The first-order valence-electron chi connectivity index (χ1n) is 9.63. The maximum absolute atomic E-state index is 12.9. The van der Waals surface area contributed by atoms with Gasteiger partial charge in [0.05, 0.1) is 10.6 Å². The molecule has 154 valence electrons. The number of nitrogens with one attached hydrogen (secondary N) is 1. The van der Waals surface area contributed by atoms with Gasteiger partial charge in [-0.2, -0.15) is 13.2 Å². The summed E-state index contributed by atoms with van der Waals surface area (Å²) in [4.78, 5) is 16.6. The maximum atomic E-state index is 12.9. The van der Waals surface area contributed by atoms with Crippen molar-refractivity contribution in [1.82, 2.24) is 4.98 Å². The summed E-state index contributed by atoms with van der Waals surface area (Å²) >= 11 is 5.60. The summed E-state index contributed by atoms with van der Waals surface area (Å²) in [5.74, 6) is 0.850. The highest BCUT2D eigenvalue weighted by Crippen LogP contribution is 2.35. The molecule has 0 bridgehead atoms. The third-order valence-electron chi connectivity index (χ3n) is 4.82. The molecule has 0 aliphatic carbocycles. The lowest BCUT2D eigenvalue weighted by Crippen LogP contribution is -2.14. The number of aryl methyl sites for hydroxylation is 2. The van der Waals surface area contributed by atoms with Gasteiger partial charge in [0.1, 0.15) is 5.82 Å². The molecule has 1 aromatic carbocycles. The van der Waals surface area contributed by atoms with Crippen LogP contribution in [0.15, 0.2) is 36.4 Å². The van der Waals surface area contributed by atoms with Gasteiger partial charge in [-0.1, -0.05) is 29.8 Å². The number of aromatic nitrogens is 1. The average molecular weight is 423 g/mol. The second kappa shape index (κ2) is 9.44. The van der Waals surface area contributed by atoms with E-state index in [9.17, 15) is 18.0 Å². The summed E-state index contributed by atoms with van der Waals surface area (Å²) in [5.41, 5.74) is 1.64. The highest BCUT2D eigenvalue weighted by Gasteiger charge is 2.33. The number of unbranched alkanes of at least 4 members (excludes halogenated alkanes) is 1. The zero-order chi connectivity index (χ0) is 20.9. The zero-order valence-corrected chi connectivity index (χ0v) is 16.6. The Morgan fingerprint density at radius 3 is 2.83 bits per heavy atom. The second-order valence-corrected chi connectivity index (χ2v) is 7.49. The Bertz CT molecular complexity index is 909. The summed E-state index contributed by atoms with van der Waals surface area (Å²) in [5, 5.41) is 2.95. The fraction of sp³-hybridized carbons (Fsp3) is 0.364. The van der Waals surface area contributed by atoms with Gasteiger partial charge in [0.15, 0.2) is 5.78 Å². The number of carbonyl (C=O) groups is 1. The number of rotatable bonds is 7. The SMILES string of the molecule is O=C(C=Cc1ccc(Cl)c(C(F)(F)F)c1)CCCCc1ccc2c(n1)NCCC2. The van der Waals surface area contributed by atoms with E-state index in [1.165, 1.54) is 29.8 Å². The Morgan fingerprint density at radius 2 is 2.03 bits per heavy atom. The minimum absolute atomic E-state index is 0.117. The van der Waals surface area contributed by atoms with Gasteiger partial charge < -0.3 is 5.32 Å². The first-order chi connectivity index (χ1) is 13.8. The Kier molecular flexibility index (Phi) is 6.96. The van der Waals surface area contributed by atoms with Crippen LogP contribution < -0.4 is 5.32 Å². The Morgan fingerprint density at radius 1 is 1.21 bits per heavy atom. The van der Waals surface area contributed by atoms with Gasteiger partial charge in [-0.3, -0.25) is 4.79 Å². The number of carbonyl (C=O) groups excluding carboxylic acids is 1. The molecule has 7 heteroatoms. The van der Waals surface area contributed by atoms with Crippen LogP contribution in [0.1, 0.15) is 48.1 Å². The predicted molar refractivity (Wildman–Crippen MR) is 109 cm³/mol. The number of pyridine rings is 1. The van der Waals surface area contributed by atoms with Crippen molar-refractivity contribution in [2.45, 2.75) is 44.7 Å². The lowest BCUT2D eigenvalue weighted by Gasteiger charge is -2.17. The highest BCUT2D eigenvalue weighted by atomic mass is 35.5. The van der Waals surface area contributed by atoms with E-state index in [2.05, 4.69) is 16.4 Å². The van der Waals surface area contributed by atoms with E-state index >= 15 is 0 Å². The van der Waals surface area contributed by atoms with E-state index in [4.69, 9.17) is 11.6 Å². The van der Waals surface area contributed by atoms with E-state index in [0.29, 0.717) is 18.4 Å². The van der Waals surface area contributed by atoms with E-state index in [1.54, 1.807) is 0 Å². The quantitative estimate of drug-likeness (QED) is 0.432. The van der Waals surface area contributed by atoms with E-state index in [0.717, 1.165) is 49.8 Å². The van der Waals surface area contributed by atoms with Crippen LogP contribution in [0.3, 0.4) is 0 Å². The van der Waals surface area contributed by atoms with Crippen molar-refractivity contribution in [3.05, 3.63) is 63.8 Å². The molecular formula is C22H22ClF3N2O. The van der Waals surface area contributed by atoms with Crippen LogP contribution >= 0.6 is 11.6 Å². The van der Waals surface area contributed by atoms with Crippen LogP contribution in [0.2, 0.25) is 5.02 Å². The molecule has 0 fully saturated rings. The number of hydrogen-bond donors (Lipinski definition) is 1. The van der Waals surface area contributed by atoms with Crippen LogP contribution in [0, 0.1) is 0 Å². The number of anilines is 1. The van der Waals surface area contributed by atoms with Crippen molar-refractivity contribution in [1.29, 1.82) is 0 Å². The molecule has 0 radical (unpaired) electrons. The normalized spacial score (nSPS) is 13.9. The van der Waals surface area contributed by atoms with Gasteiger partial charge in [-0.25, -0.2) is 4.98 Å². The van der Waals surface area contributed by atoms with Crippen molar-refractivity contribution < 1.29 is 18.0 Å². The molecule has 1 aromatic heterocycles. The number of nitrogens with zero attached hydrogens (tertiary/aromatic N) is 1. The van der Waals surface area contributed by atoms with Crippen molar-refractivity contribution in [2.24, 2.45) is 0 Å². The van der Waals surface area contributed by atoms with Gasteiger partial charge >= 0.3 is 6.18 Å². The topological polar surface area (TPSA) is 42.0 Å². The lowest BCUT2D eigenvalue weighted by molar-refractivity contribution is -0.137. The molecule has 3 rings (SSSR count). The molecule has 0 spiro atoms. The van der Waals surface area contributed by atoms with Gasteiger partial charge in [0.25, 0.3) is 0 Å².